The van der Waals surface area contributed by atoms with Crippen LogP contribution in [0, 0.1) is 0 Å². The van der Waals surface area contributed by atoms with Crippen molar-refractivity contribution in [2.24, 2.45) is 0 Å². The number of rotatable bonds is 5. The average Bonchev–Trinajstić information content (AvgIpc) is 3.10. The van der Waals surface area contributed by atoms with Crippen LogP contribution in [0.4, 0.5) is 0 Å². The van der Waals surface area contributed by atoms with E-state index in [1.165, 1.54) is 24.2 Å². The van der Waals surface area contributed by atoms with E-state index in [0.717, 1.165) is 24.3 Å². The maximum atomic E-state index is 4.17. The first-order valence-corrected chi connectivity index (χ1v) is 8.03. The van der Waals surface area contributed by atoms with E-state index in [-0.39, 0.29) is 0 Å². The highest BCUT2D eigenvalue weighted by atomic mass is 32.2. The van der Waals surface area contributed by atoms with Gasteiger partial charge in [-0.25, -0.2) is 0 Å². The van der Waals surface area contributed by atoms with E-state index in [0.29, 0.717) is 4.75 Å². The van der Waals surface area contributed by atoms with Gasteiger partial charge in [0.1, 0.15) is 0 Å². The van der Waals surface area contributed by atoms with Crippen molar-refractivity contribution in [1.82, 2.24) is 20.5 Å². The molecular formula is C15H20N4S. The number of pyridine rings is 1. The molecule has 0 saturated carbocycles. The Morgan fingerprint density at radius 1 is 1.45 bits per heavy atom. The lowest BCUT2D eigenvalue weighted by atomic mass is 10.1. The summed E-state index contributed by atoms with van der Waals surface area (Å²) in [5, 5.41) is 10.8. The summed E-state index contributed by atoms with van der Waals surface area (Å²) in [6, 6.07) is 4.00. The Kier molecular flexibility index (Phi) is 4.08. The molecule has 2 aromatic heterocycles. The van der Waals surface area contributed by atoms with Crippen molar-refractivity contribution in [3.8, 4) is 11.3 Å². The third kappa shape index (κ3) is 3.04. The van der Waals surface area contributed by atoms with Crippen molar-refractivity contribution in [1.29, 1.82) is 0 Å². The zero-order valence-electron chi connectivity index (χ0n) is 11.7. The maximum absolute atomic E-state index is 4.17. The first-order chi connectivity index (χ1) is 9.77. The molecule has 0 bridgehead atoms. The number of aromatic nitrogens is 3. The van der Waals surface area contributed by atoms with E-state index < -0.39 is 0 Å². The molecule has 1 saturated heterocycles. The Morgan fingerprint density at radius 3 is 3.15 bits per heavy atom. The lowest BCUT2D eigenvalue weighted by molar-refractivity contribution is 0.537. The van der Waals surface area contributed by atoms with Crippen LogP contribution in [0.25, 0.3) is 11.3 Å². The van der Waals surface area contributed by atoms with Crippen molar-refractivity contribution in [2.75, 3.05) is 12.3 Å². The topological polar surface area (TPSA) is 53.6 Å². The highest BCUT2D eigenvalue weighted by molar-refractivity contribution is 8.00. The van der Waals surface area contributed by atoms with E-state index in [9.17, 15) is 0 Å². The van der Waals surface area contributed by atoms with Crippen LogP contribution in [-0.4, -0.2) is 32.2 Å². The van der Waals surface area contributed by atoms with Crippen LogP contribution in [0.5, 0.6) is 0 Å². The van der Waals surface area contributed by atoms with Gasteiger partial charge in [0.15, 0.2) is 0 Å². The van der Waals surface area contributed by atoms with Crippen molar-refractivity contribution in [2.45, 2.75) is 31.1 Å². The van der Waals surface area contributed by atoms with E-state index in [1.54, 1.807) is 6.20 Å². The molecule has 1 aliphatic heterocycles. The molecule has 1 fully saturated rings. The summed E-state index contributed by atoms with van der Waals surface area (Å²) in [7, 11) is 0. The molecule has 2 N–H and O–H groups in total. The molecule has 2 aromatic rings. The van der Waals surface area contributed by atoms with Crippen LogP contribution in [0.15, 0.2) is 30.7 Å². The summed E-state index contributed by atoms with van der Waals surface area (Å²) in [5.74, 6) is 1.30. The largest absolute Gasteiger partial charge is 0.311 e. The minimum Gasteiger partial charge on any atom is -0.311 e. The highest BCUT2D eigenvalue weighted by Gasteiger charge is 2.28. The van der Waals surface area contributed by atoms with Gasteiger partial charge in [-0.2, -0.15) is 16.9 Å². The minimum absolute atomic E-state index is 0.401. The Bertz CT molecular complexity index is 546. The van der Waals surface area contributed by atoms with Gasteiger partial charge in [0.2, 0.25) is 0 Å². The molecule has 0 aliphatic carbocycles. The van der Waals surface area contributed by atoms with Gasteiger partial charge in [-0.15, -0.1) is 0 Å². The number of aromatic amines is 1. The lowest BCUT2D eigenvalue weighted by Crippen LogP contribution is -2.32. The first-order valence-electron chi connectivity index (χ1n) is 7.04. The molecule has 3 heterocycles. The molecule has 4 nitrogen and oxygen atoms in total. The molecule has 3 rings (SSSR count). The predicted octanol–water partition coefficient (Wildman–Crippen LogP) is 2.85. The summed E-state index contributed by atoms with van der Waals surface area (Å²) >= 11 is 2.09. The number of H-pyrrole nitrogens is 1. The summed E-state index contributed by atoms with van der Waals surface area (Å²) < 4.78 is 0.401. The SMILES string of the molecule is CC1(CNCc2cn[nH]c2-c2cccnc2)CCCS1. The molecule has 0 aromatic carbocycles. The molecule has 1 aliphatic rings. The Hall–Kier alpha value is -1.33. The molecule has 1 atom stereocenters. The van der Waals surface area contributed by atoms with Gasteiger partial charge < -0.3 is 5.32 Å². The summed E-state index contributed by atoms with van der Waals surface area (Å²) in [6.45, 7) is 4.25. The fourth-order valence-electron chi connectivity index (χ4n) is 2.64. The molecule has 106 valence electrons. The van der Waals surface area contributed by atoms with Gasteiger partial charge in [-0.05, 0) is 37.7 Å². The number of hydrogen-bond acceptors (Lipinski definition) is 4. The Balaban J connectivity index is 1.63. The second-order valence-corrected chi connectivity index (χ2v) is 7.20. The van der Waals surface area contributed by atoms with Crippen LogP contribution in [0.3, 0.4) is 0 Å². The lowest BCUT2D eigenvalue weighted by Gasteiger charge is -2.22. The average molecular weight is 288 g/mol. The molecule has 0 spiro atoms. The van der Waals surface area contributed by atoms with Gasteiger partial charge in [-0.1, -0.05) is 0 Å². The normalized spacial score (nSPS) is 22.2. The fraction of sp³-hybridized carbons (Fsp3) is 0.467. The number of thioether (sulfide) groups is 1. The van der Waals surface area contributed by atoms with Gasteiger partial charge in [0, 0.05) is 41.4 Å². The van der Waals surface area contributed by atoms with Gasteiger partial charge >= 0.3 is 0 Å². The van der Waals surface area contributed by atoms with Crippen molar-refractivity contribution >= 4 is 11.8 Å². The molecule has 5 heteroatoms. The number of nitrogens with one attached hydrogen (secondary N) is 2. The van der Waals surface area contributed by atoms with E-state index in [1.807, 2.05) is 18.5 Å². The van der Waals surface area contributed by atoms with Crippen LogP contribution in [-0.2, 0) is 6.54 Å². The summed E-state index contributed by atoms with van der Waals surface area (Å²) in [5.41, 5.74) is 3.35. The quantitative estimate of drug-likeness (QED) is 0.888. The molecule has 0 radical (unpaired) electrons. The van der Waals surface area contributed by atoms with Crippen molar-refractivity contribution in [3.63, 3.8) is 0 Å². The summed E-state index contributed by atoms with van der Waals surface area (Å²) in [4.78, 5) is 4.16. The third-order valence-corrected chi connectivity index (χ3v) is 5.32. The van der Waals surface area contributed by atoms with Gasteiger partial charge in [0.25, 0.3) is 0 Å². The zero-order valence-corrected chi connectivity index (χ0v) is 12.5. The highest BCUT2D eigenvalue weighted by Crippen LogP contribution is 2.37. The maximum Gasteiger partial charge on any atom is 0.0710 e. The number of nitrogens with zero attached hydrogens (tertiary/aromatic N) is 2. The van der Waals surface area contributed by atoms with Crippen LogP contribution in [0.1, 0.15) is 25.3 Å². The van der Waals surface area contributed by atoms with Gasteiger partial charge in [-0.3, -0.25) is 10.1 Å². The van der Waals surface area contributed by atoms with E-state index >= 15 is 0 Å². The molecular weight excluding hydrogens is 268 g/mol. The molecule has 0 amide bonds. The monoisotopic (exact) mass is 288 g/mol. The smallest absolute Gasteiger partial charge is 0.0710 e. The number of hydrogen-bond donors (Lipinski definition) is 2. The van der Waals surface area contributed by atoms with Crippen molar-refractivity contribution in [3.05, 3.63) is 36.3 Å². The zero-order chi connectivity index (χ0) is 13.8. The second kappa shape index (κ2) is 5.97. The summed E-state index contributed by atoms with van der Waals surface area (Å²) in [6.07, 6.45) is 8.21. The third-order valence-electron chi connectivity index (χ3n) is 3.78. The first kappa shape index (κ1) is 13.6. The Morgan fingerprint density at radius 2 is 2.40 bits per heavy atom. The minimum atomic E-state index is 0.401. The van der Waals surface area contributed by atoms with Crippen molar-refractivity contribution < 1.29 is 0 Å². The van der Waals surface area contributed by atoms with Crippen LogP contribution < -0.4 is 5.32 Å². The Labute approximate surface area is 123 Å². The van der Waals surface area contributed by atoms with E-state index in [2.05, 4.69) is 45.3 Å². The van der Waals surface area contributed by atoms with Crippen LogP contribution >= 0.6 is 11.8 Å². The van der Waals surface area contributed by atoms with Gasteiger partial charge in [0.05, 0.1) is 11.9 Å². The second-order valence-electron chi connectivity index (χ2n) is 5.52. The molecule has 20 heavy (non-hydrogen) atoms. The standard InChI is InChI=1S/C15H20N4S/c1-15(5-3-7-20-15)11-17-9-13-10-18-19-14(13)12-4-2-6-16-8-12/h2,4,6,8,10,17H,3,5,7,9,11H2,1H3,(H,18,19). The predicted molar refractivity (Wildman–Crippen MR) is 83.6 cm³/mol. The molecule has 1 unspecified atom stereocenters. The van der Waals surface area contributed by atoms with E-state index in [4.69, 9.17) is 0 Å². The fourth-order valence-corrected chi connectivity index (χ4v) is 3.92. The van der Waals surface area contributed by atoms with Crippen LogP contribution in [0.2, 0.25) is 0 Å².